The number of anilines is 2. The van der Waals surface area contributed by atoms with Crippen LogP contribution in [0, 0.1) is 0 Å². The third-order valence-corrected chi connectivity index (χ3v) is 5.70. The topological polar surface area (TPSA) is 41.5 Å². The number of nitrogens with zero attached hydrogens (tertiary/aromatic N) is 4. The van der Waals surface area contributed by atoms with E-state index in [1.807, 2.05) is 24.5 Å². The molecule has 0 aliphatic carbocycles. The number of methoxy groups -OCH3 is 1. The summed E-state index contributed by atoms with van der Waals surface area (Å²) in [4.78, 5) is 14.1. The van der Waals surface area contributed by atoms with Crippen LogP contribution in [0.4, 0.5) is 11.5 Å². The van der Waals surface area contributed by atoms with Gasteiger partial charge in [-0.2, -0.15) is 0 Å². The minimum atomic E-state index is 0.897. The summed E-state index contributed by atoms with van der Waals surface area (Å²) >= 11 is 0. The highest BCUT2D eigenvalue weighted by atomic mass is 16.5. The maximum atomic E-state index is 5.53. The van der Waals surface area contributed by atoms with E-state index in [1.165, 1.54) is 10.8 Å². The highest BCUT2D eigenvalue weighted by molar-refractivity contribution is 5.86. The van der Waals surface area contributed by atoms with Crippen molar-refractivity contribution < 1.29 is 4.74 Å². The number of hydrogen-bond acceptors (Lipinski definition) is 5. The zero-order chi connectivity index (χ0) is 20.3. The van der Waals surface area contributed by atoms with Crippen LogP contribution in [-0.2, 0) is 0 Å². The Labute approximate surface area is 176 Å². The van der Waals surface area contributed by atoms with Crippen molar-refractivity contribution in [2.75, 3.05) is 43.1 Å². The van der Waals surface area contributed by atoms with Crippen molar-refractivity contribution in [3.63, 3.8) is 0 Å². The minimum Gasteiger partial charge on any atom is -0.495 e. The van der Waals surface area contributed by atoms with Crippen LogP contribution < -0.4 is 14.5 Å². The third kappa shape index (κ3) is 3.54. The van der Waals surface area contributed by atoms with Crippen LogP contribution in [0.25, 0.3) is 22.0 Å². The second-order valence-corrected chi connectivity index (χ2v) is 7.47. The van der Waals surface area contributed by atoms with Crippen LogP contribution in [0.1, 0.15) is 0 Å². The van der Waals surface area contributed by atoms with Crippen molar-refractivity contribution in [3.8, 4) is 17.0 Å². The molecule has 3 aromatic carbocycles. The van der Waals surface area contributed by atoms with E-state index >= 15 is 0 Å². The van der Waals surface area contributed by atoms with Crippen LogP contribution in [0.15, 0.2) is 79.1 Å². The van der Waals surface area contributed by atoms with Crippen molar-refractivity contribution in [1.82, 2.24) is 9.97 Å². The van der Waals surface area contributed by atoms with Gasteiger partial charge in [0.25, 0.3) is 0 Å². The summed E-state index contributed by atoms with van der Waals surface area (Å²) in [6, 6.07) is 23.0. The van der Waals surface area contributed by atoms with Crippen LogP contribution >= 0.6 is 0 Å². The Morgan fingerprint density at radius 3 is 2.33 bits per heavy atom. The van der Waals surface area contributed by atoms with Crippen molar-refractivity contribution in [2.24, 2.45) is 0 Å². The van der Waals surface area contributed by atoms with Crippen molar-refractivity contribution >= 4 is 22.3 Å². The van der Waals surface area contributed by atoms with E-state index in [0.717, 1.165) is 54.7 Å². The quantitative estimate of drug-likeness (QED) is 0.503. The Morgan fingerprint density at radius 2 is 1.50 bits per heavy atom. The van der Waals surface area contributed by atoms with E-state index < -0.39 is 0 Å². The average Bonchev–Trinajstić information content (AvgIpc) is 2.84. The molecule has 1 saturated heterocycles. The molecule has 5 rings (SSSR count). The molecule has 2 heterocycles. The first-order chi connectivity index (χ1) is 14.8. The molecular formula is C25H24N4O. The molecule has 0 spiro atoms. The molecule has 0 atom stereocenters. The maximum absolute atomic E-state index is 5.53. The molecular weight excluding hydrogens is 372 g/mol. The Bertz CT molecular complexity index is 1170. The van der Waals surface area contributed by atoms with Gasteiger partial charge in [0.05, 0.1) is 30.9 Å². The van der Waals surface area contributed by atoms with Crippen LogP contribution in [-0.4, -0.2) is 43.3 Å². The Kier molecular flexibility index (Phi) is 4.93. The van der Waals surface area contributed by atoms with E-state index in [-0.39, 0.29) is 0 Å². The van der Waals surface area contributed by atoms with E-state index in [9.17, 15) is 0 Å². The third-order valence-electron chi connectivity index (χ3n) is 5.70. The number of hydrogen-bond donors (Lipinski definition) is 0. The van der Waals surface area contributed by atoms with Gasteiger partial charge in [-0.3, -0.25) is 4.98 Å². The van der Waals surface area contributed by atoms with Crippen LogP contribution in [0.3, 0.4) is 0 Å². The summed E-state index contributed by atoms with van der Waals surface area (Å²) in [5, 5.41) is 2.45. The van der Waals surface area contributed by atoms with Crippen molar-refractivity contribution in [2.45, 2.75) is 0 Å². The number of ether oxygens (including phenoxy) is 1. The lowest BCUT2D eigenvalue weighted by molar-refractivity contribution is 0.413. The zero-order valence-corrected chi connectivity index (χ0v) is 17.0. The lowest BCUT2D eigenvalue weighted by Gasteiger charge is -2.37. The normalized spacial score (nSPS) is 14.2. The minimum absolute atomic E-state index is 0.897. The molecule has 30 heavy (non-hydrogen) atoms. The van der Waals surface area contributed by atoms with Gasteiger partial charge in [0.2, 0.25) is 0 Å². The molecule has 1 aliphatic rings. The maximum Gasteiger partial charge on any atom is 0.147 e. The molecule has 1 aromatic heterocycles. The lowest BCUT2D eigenvalue weighted by atomic mass is 10.1. The van der Waals surface area contributed by atoms with Crippen molar-refractivity contribution in [1.29, 1.82) is 0 Å². The first-order valence-corrected chi connectivity index (χ1v) is 10.3. The van der Waals surface area contributed by atoms with E-state index in [4.69, 9.17) is 9.72 Å². The highest BCUT2D eigenvalue weighted by Crippen LogP contribution is 2.29. The summed E-state index contributed by atoms with van der Waals surface area (Å²) in [6.45, 7) is 3.63. The predicted molar refractivity (Wildman–Crippen MR) is 122 cm³/mol. The fourth-order valence-electron chi connectivity index (χ4n) is 4.06. The molecule has 0 saturated carbocycles. The van der Waals surface area contributed by atoms with Gasteiger partial charge in [-0.1, -0.05) is 48.5 Å². The van der Waals surface area contributed by atoms with Crippen molar-refractivity contribution in [3.05, 3.63) is 79.1 Å². The summed E-state index contributed by atoms with van der Waals surface area (Å²) in [5.41, 5.74) is 3.15. The second kappa shape index (κ2) is 8.03. The molecule has 0 amide bonds. The number of para-hydroxylation sites is 2. The first-order valence-electron chi connectivity index (χ1n) is 10.3. The number of benzene rings is 3. The smallest absolute Gasteiger partial charge is 0.147 e. The standard InChI is InChI=1S/C25H24N4O/c1-30-24-9-5-4-8-23(24)28-12-14-29(15-13-28)25-18-26-17-22(27-25)21-11-10-19-6-2-3-7-20(19)16-21/h2-11,16-18H,12-15H2,1H3. The lowest BCUT2D eigenvalue weighted by Crippen LogP contribution is -2.47. The number of aromatic nitrogens is 2. The largest absolute Gasteiger partial charge is 0.495 e. The molecule has 0 radical (unpaired) electrons. The molecule has 5 heteroatoms. The van der Waals surface area contributed by atoms with Gasteiger partial charge < -0.3 is 14.5 Å². The molecule has 1 aliphatic heterocycles. The van der Waals surface area contributed by atoms with Gasteiger partial charge in [0.1, 0.15) is 11.6 Å². The molecule has 0 bridgehead atoms. The van der Waals surface area contributed by atoms with E-state index in [2.05, 4.69) is 69.4 Å². The number of fused-ring (bicyclic) bond motifs is 1. The highest BCUT2D eigenvalue weighted by Gasteiger charge is 2.21. The SMILES string of the molecule is COc1ccccc1N1CCN(c2cncc(-c3ccc4ccccc4c3)n2)CC1. The Morgan fingerprint density at radius 1 is 0.767 bits per heavy atom. The van der Waals surface area contributed by atoms with Gasteiger partial charge in [-0.25, -0.2) is 4.98 Å². The fourth-order valence-corrected chi connectivity index (χ4v) is 4.06. The molecule has 150 valence electrons. The number of piperazine rings is 1. The Hall–Kier alpha value is -3.60. The summed E-state index contributed by atoms with van der Waals surface area (Å²) in [7, 11) is 1.73. The van der Waals surface area contributed by atoms with Gasteiger partial charge >= 0.3 is 0 Å². The molecule has 0 N–H and O–H groups in total. The van der Waals surface area contributed by atoms with Gasteiger partial charge in [-0.15, -0.1) is 0 Å². The Balaban J connectivity index is 1.35. The fraction of sp³-hybridized carbons (Fsp3) is 0.200. The first kappa shape index (κ1) is 18.4. The average molecular weight is 396 g/mol. The van der Waals surface area contributed by atoms with Gasteiger partial charge in [-0.05, 0) is 29.0 Å². The molecule has 0 unspecified atom stereocenters. The van der Waals surface area contributed by atoms with Crippen LogP contribution in [0.5, 0.6) is 5.75 Å². The summed E-state index contributed by atoms with van der Waals surface area (Å²) < 4.78 is 5.53. The predicted octanol–water partition coefficient (Wildman–Crippen LogP) is 4.63. The van der Waals surface area contributed by atoms with Crippen LogP contribution in [0.2, 0.25) is 0 Å². The van der Waals surface area contributed by atoms with E-state index in [1.54, 1.807) is 7.11 Å². The second-order valence-electron chi connectivity index (χ2n) is 7.47. The molecule has 1 fully saturated rings. The molecule has 5 nitrogen and oxygen atoms in total. The van der Waals surface area contributed by atoms with Gasteiger partial charge in [0, 0.05) is 31.7 Å². The van der Waals surface area contributed by atoms with Gasteiger partial charge in [0.15, 0.2) is 0 Å². The number of rotatable bonds is 4. The zero-order valence-electron chi connectivity index (χ0n) is 17.0. The monoisotopic (exact) mass is 396 g/mol. The molecule has 4 aromatic rings. The van der Waals surface area contributed by atoms with E-state index in [0.29, 0.717) is 0 Å². The summed E-state index contributed by atoms with van der Waals surface area (Å²) in [5.74, 6) is 1.85. The summed E-state index contributed by atoms with van der Waals surface area (Å²) in [6.07, 6.45) is 3.71.